The normalized spacial score (nSPS) is 10.6. The molecule has 0 atom stereocenters. The first-order valence-electron chi connectivity index (χ1n) is 6.90. The molecule has 0 fully saturated rings. The van der Waals surface area contributed by atoms with Crippen LogP contribution in [0.3, 0.4) is 0 Å². The minimum absolute atomic E-state index is 0.175. The Morgan fingerprint density at radius 1 is 1.27 bits per heavy atom. The highest BCUT2D eigenvalue weighted by Crippen LogP contribution is 2.18. The molecule has 6 heteroatoms. The second-order valence-electron chi connectivity index (χ2n) is 4.91. The van der Waals surface area contributed by atoms with E-state index >= 15 is 0 Å². The molecule has 1 aromatic carbocycles. The number of hydrogen-bond donors (Lipinski definition) is 1. The summed E-state index contributed by atoms with van der Waals surface area (Å²) < 4.78 is 7.08. The molecule has 3 rings (SSSR count). The predicted octanol–water partition coefficient (Wildman–Crippen LogP) is 1.98. The molecular weight excluding hydrogens is 280 g/mol. The highest BCUT2D eigenvalue weighted by molar-refractivity contribution is 5.94. The van der Waals surface area contributed by atoms with Gasteiger partial charge in [0.15, 0.2) is 11.5 Å². The Morgan fingerprint density at radius 2 is 2.14 bits per heavy atom. The van der Waals surface area contributed by atoms with Crippen molar-refractivity contribution >= 4 is 11.6 Å². The number of aryl methyl sites for hydroxylation is 1. The molecule has 6 nitrogen and oxygen atoms in total. The summed E-state index contributed by atoms with van der Waals surface area (Å²) in [6, 6.07) is 11.0. The maximum atomic E-state index is 12.2. The fraction of sp³-hybridized carbons (Fsp3) is 0.188. The Morgan fingerprint density at radius 3 is 2.95 bits per heavy atom. The van der Waals surface area contributed by atoms with E-state index < -0.39 is 0 Å². The van der Waals surface area contributed by atoms with E-state index in [4.69, 9.17) is 4.74 Å². The number of aromatic nitrogens is 3. The van der Waals surface area contributed by atoms with E-state index in [0.29, 0.717) is 23.7 Å². The van der Waals surface area contributed by atoms with E-state index in [1.165, 1.54) is 0 Å². The lowest BCUT2D eigenvalue weighted by Gasteiger charge is -2.08. The second kappa shape index (κ2) is 5.85. The average Bonchev–Trinajstić information content (AvgIpc) is 2.96. The lowest BCUT2D eigenvalue weighted by atomic mass is 10.1. The van der Waals surface area contributed by atoms with Crippen LogP contribution in [0.25, 0.3) is 5.65 Å². The third-order valence-electron chi connectivity index (χ3n) is 3.46. The summed E-state index contributed by atoms with van der Waals surface area (Å²) >= 11 is 0. The van der Waals surface area contributed by atoms with Gasteiger partial charge in [0.2, 0.25) is 0 Å². The van der Waals surface area contributed by atoms with Crippen LogP contribution in [0.2, 0.25) is 0 Å². The molecule has 2 aromatic heterocycles. The van der Waals surface area contributed by atoms with E-state index in [0.717, 1.165) is 11.2 Å². The smallest absolute Gasteiger partial charge is 0.251 e. The summed E-state index contributed by atoms with van der Waals surface area (Å²) in [5.41, 5.74) is 2.29. The highest BCUT2D eigenvalue weighted by Gasteiger charge is 2.10. The van der Waals surface area contributed by atoms with Crippen molar-refractivity contribution in [1.82, 2.24) is 19.9 Å². The van der Waals surface area contributed by atoms with Gasteiger partial charge in [0.1, 0.15) is 5.75 Å². The summed E-state index contributed by atoms with van der Waals surface area (Å²) in [5, 5.41) is 11.0. The molecule has 1 amide bonds. The average molecular weight is 296 g/mol. The molecule has 0 aliphatic carbocycles. The second-order valence-corrected chi connectivity index (χ2v) is 4.91. The van der Waals surface area contributed by atoms with Crippen LogP contribution < -0.4 is 10.1 Å². The van der Waals surface area contributed by atoms with Crippen LogP contribution in [0, 0.1) is 6.92 Å². The van der Waals surface area contributed by atoms with Gasteiger partial charge in [0, 0.05) is 11.8 Å². The summed E-state index contributed by atoms with van der Waals surface area (Å²) in [7, 11) is 1.59. The maximum absolute atomic E-state index is 12.2. The zero-order valence-corrected chi connectivity index (χ0v) is 12.4. The van der Waals surface area contributed by atoms with Gasteiger partial charge in [-0.15, -0.1) is 10.2 Å². The Hall–Kier alpha value is -2.89. The number of benzene rings is 1. The molecule has 0 saturated carbocycles. The number of carbonyl (C=O) groups excluding carboxylic acids is 1. The van der Waals surface area contributed by atoms with Crippen LogP contribution in [0.15, 0.2) is 42.6 Å². The van der Waals surface area contributed by atoms with Crippen molar-refractivity contribution in [2.75, 3.05) is 7.11 Å². The van der Waals surface area contributed by atoms with Gasteiger partial charge in [0.25, 0.3) is 5.91 Å². The zero-order chi connectivity index (χ0) is 15.5. The number of rotatable bonds is 4. The van der Waals surface area contributed by atoms with Crippen LogP contribution in [-0.2, 0) is 6.54 Å². The number of carbonyl (C=O) groups is 1. The first-order valence-corrected chi connectivity index (χ1v) is 6.90. The number of ether oxygens (including phenoxy) is 1. The van der Waals surface area contributed by atoms with E-state index in [1.54, 1.807) is 19.2 Å². The van der Waals surface area contributed by atoms with Crippen molar-refractivity contribution < 1.29 is 9.53 Å². The summed E-state index contributed by atoms with van der Waals surface area (Å²) in [4.78, 5) is 12.2. The van der Waals surface area contributed by atoms with Crippen molar-refractivity contribution in [2.45, 2.75) is 13.5 Å². The SMILES string of the molecule is COc1cc(C(=O)NCc2nnc3ccccn23)ccc1C. The third kappa shape index (κ3) is 2.63. The van der Waals surface area contributed by atoms with Gasteiger partial charge in [-0.1, -0.05) is 12.1 Å². The van der Waals surface area contributed by atoms with Crippen molar-refractivity contribution in [1.29, 1.82) is 0 Å². The third-order valence-corrected chi connectivity index (χ3v) is 3.46. The number of fused-ring (bicyclic) bond motifs is 1. The summed E-state index contributed by atoms with van der Waals surface area (Å²) in [6.45, 7) is 2.24. The first-order chi connectivity index (χ1) is 10.7. The van der Waals surface area contributed by atoms with E-state index in [-0.39, 0.29) is 5.91 Å². The molecule has 0 bridgehead atoms. The van der Waals surface area contributed by atoms with Crippen LogP contribution in [0.5, 0.6) is 5.75 Å². The van der Waals surface area contributed by atoms with Gasteiger partial charge in [-0.25, -0.2) is 0 Å². The number of methoxy groups -OCH3 is 1. The molecule has 0 spiro atoms. The van der Waals surface area contributed by atoms with Gasteiger partial charge in [0.05, 0.1) is 13.7 Å². The van der Waals surface area contributed by atoms with E-state index in [2.05, 4.69) is 15.5 Å². The molecule has 3 aromatic rings. The van der Waals surface area contributed by atoms with Gasteiger partial charge < -0.3 is 10.1 Å². The number of nitrogens with zero attached hydrogens (tertiary/aromatic N) is 3. The van der Waals surface area contributed by atoms with Crippen LogP contribution >= 0.6 is 0 Å². The lowest BCUT2D eigenvalue weighted by Crippen LogP contribution is -2.24. The molecule has 0 saturated heterocycles. The summed E-state index contributed by atoms with van der Waals surface area (Å²) in [6.07, 6.45) is 1.87. The molecule has 0 unspecified atom stereocenters. The zero-order valence-electron chi connectivity index (χ0n) is 12.4. The van der Waals surface area contributed by atoms with Gasteiger partial charge >= 0.3 is 0 Å². The lowest BCUT2D eigenvalue weighted by molar-refractivity contribution is 0.0949. The molecule has 0 aliphatic heterocycles. The Bertz CT molecular complexity index is 826. The minimum Gasteiger partial charge on any atom is -0.496 e. The molecule has 112 valence electrons. The predicted molar refractivity (Wildman–Crippen MR) is 81.9 cm³/mol. The topological polar surface area (TPSA) is 68.5 Å². The largest absolute Gasteiger partial charge is 0.496 e. The Balaban J connectivity index is 1.75. The summed E-state index contributed by atoms with van der Waals surface area (Å²) in [5.74, 6) is 1.20. The number of hydrogen-bond acceptors (Lipinski definition) is 4. The Labute approximate surface area is 127 Å². The fourth-order valence-corrected chi connectivity index (χ4v) is 2.23. The quantitative estimate of drug-likeness (QED) is 0.799. The molecule has 0 aliphatic rings. The minimum atomic E-state index is -0.175. The highest BCUT2D eigenvalue weighted by atomic mass is 16.5. The molecular formula is C16H16N4O2. The number of nitrogens with one attached hydrogen (secondary N) is 1. The maximum Gasteiger partial charge on any atom is 0.251 e. The monoisotopic (exact) mass is 296 g/mol. The Kier molecular flexibility index (Phi) is 3.74. The van der Waals surface area contributed by atoms with Gasteiger partial charge in [-0.05, 0) is 36.8 Å². The number of pyridine rings is 1. The fourth-order valence-electron chi connectivity index (χ4n) is 2.23. The molecule has 0 radical (unpaired) electrons. The van der Waals surface area contributed by atoms with Crippen LogP contribution in [0.4, 0.5) is 0 Å². The van der Waals surface area contributed by atoms with Crippen molar-refractivity contribution in [3.8, 4) is 5.75 Å². The van der Waals surface area contributed by atoms with Crippen molar-refractivity contribution in [2.24, 2.45) is 0 Å². The molecule has 22 heavy (non-hydrogen) atoms. The first kappa shape index (κ1) is 14.1. The van der Waals surface area contributed by atoms with E-state index in [1.807, 2.05) is 41.8 Å². The van der Waals surface area contributed by atoms with Crippen LogP contribution in [-0.4, -0.2) is 27.6 Å². The van der Waals surface area contributed by atoms with Crippen molar-refractivity contribution in [3.05, 3.63) is 59.5 Å². The standard InChI is InChI=1S/C16H16N4O2/c1-11-6-7-12(9-13(11)22-2)16(21)17-10-15-19-18-14-5-3-4-8-20(14)15/h3-9H,10H2,1-2H3,(H,17,21). The van der Waals surface area contributed by atoms with Gasteiger partial charge in [-0.3, -0.25) is 9.20 Å². The van der Waals surface area contributed by atoms with Gasteiger partial charge in [-0.2, -0.15) is 0 Å². The van der Waals surface area contributed by atoms with E-state index in [9.17, 15) is 4.79 Å². The van der Waals surface area contributed by atoms with Crippen LogP contribution in [0.1, 0.15) is 21.7 Å². The number of amides is 1. The molecule has 2 heterocycles. The van der Waals surface area contributed by atoms with Crippen molar-refractivity contribution in [3.63, 3.8) is 0 Å². The molecule has 1 N–H and O–H groups in total.